The number of methoxy groups -OCH3 is 1. The molecular formula is C18H32FIN4O2. The summed E-state index contributed by atoms with van der Waals surface area (Å²) in [5.41, 5.74) is 0. The van der Waals surface area contributed by atoms with Gasteiger partial charge in [0.05, 0.1) is 13.1 Å². The molecule has 1 aromatic carbocycles. The van der Waals surface area contributed by atoms with Gasteiger partial charge in [-0.3, -0.25) is 4.99 Å². The summed E-state index contributed by atoms with van der Waals surface area (Å²) in [6.45, 7) is 7.22. The zero-order chi connectivity index (χ0) is 18.3. The van der Waals surface area contributed by atoms with Gasteiger partial charge in [-0.05, 0) is 32.5 Å². The van der Waals surface area contributed by atoms with E-state index in [0.29, 0.717) is 25.4 Å². The van der Waals surface area contributed by atoms with Gasteiger partial charge in [0.2, 0.25) is 0 Å². The number of guanidine groups is 1. The molecular weight excluding hydrogens is 450 g/mol. The van der Waals surface area contributed by atoms with Crippen molar-refractivity contribution in [3.63, 3.8) is 0 Å². The van der Waals surface area contributed by atoms with Crippen molar-refractivity contribution in [3.05, 3.63) is 30.1 Å². The predicted octanol–water partition coefficient (Wildman–Crippen LogP) is 2.35. The molecule has 0 aromatic heterocycles. The molecule has 0 heterocycles. The van der Waals surface area contributed by atoms with E-state index in [-0.39, 0.29) is 29.8 Å². The molecule has 0 spiro atoms. The first-order chi connectivity index (χ1) is 12.2. The number of rotatable bonds is 12. The second-order valence-corrected chi connectivity index (χ2v) is 5.64. The molecule has 0 amide bonds. The molecule has 0 radical (unpaired) electrons. The maximum atomic E-state index is 13.1. The van der Waals surface area contributed by atoms with Gasteiger partial charge in [-0.25, -0.2) is 4.39 Å². The molecule has 6 nitrogen and oxygen atoms in total. The van der Waals surface area contributed by atoms with E-state index in [1.54, 1.807) is 19.2 Å². The van der Waals surface area contributed by atoms with Crippen LogP contribution in [-0.4, -0.2) is 71.0 Å². The number of ether oxygens (including phenoxy) is 2. The fourth-order valence-electron chi connectivity index (χ4n) is 2.16. The molecule has 26 heavy (non-hydrogen) atoms. The number of nitrogens with zero attached hydrogens (tertiary/aromatic N) is 2. The summed E-state index contributed by atoms with van der Waals surface area (Å²) in [4.78, 5) is 6.78. The fraction of sp³-hybridized carbons (Fsp3) is 0.611. The lowest BCUT2D eigenvalue weighted by Gasteiger charge is -2.16. The average molecular weight is 482 g/mol. The Morgan fingerprint density at radius 1 is 1.23 bits per heavy atom. The summed E-state index contributed by atoms with van der Waals surface area (Å²) in [5.74, 6) is 0.993. The Morgan fingerprint density at radius 2 is 2.04 bits per heavy atom. The summed E-state index contributed by atoms with van der Waals surface area (Å²) in [6, 6.07) is 6.14. The number of halogens is 2. The van der Waals surface area contributed by atoms with Crippen molar-refractivity contribution in [2.45, 2.75) is 13.3 Å². The Hall–Kier alpha value is -1.13. The highest BCUT2D eigenvalue weighted by molar-refractivity contribution is 14.0. The first-order valence-electron chi connectivity index (χ1n) is 8.73. The lowest BCUT2D eigenvalue weighted by molar-refractivity contribution is 0.180. The number of aliphatic imine (C=N–C) groups is 1. The minimum Gasteiger partial charge on any atom is -0.492 e. The van der Waals surface area contributed by atoms with Gasteiger partial charge in [-0.15, -0.1) is 24.0 Å². The van der Waals surface area contributed by atoms with Gasteiger partial charge < -0.3 is 25.0 Å². The normalized spacial score (nSPS) is 11.2. The average Bonchev–Trinajstić information content (AvgIpc) is 2.59. The SMILES string of the molecule is CCNC(=NCCN(C)CCCOC)NCCOc1cccc(F)c1.I. The molecule has 0 fully saturated rings. The maximum Gasteiger partial charge on any atom is 0.191 e. The van der Waals surface area contributed by atoms with Gasteiger partial charge in [0.1, 0.15) is 18.2 Å². The molecule has 0 aliphatic rings. The Kier molecular flexibility index (Phi) is 15.4. The molecule has 150 valence electrons. The molecule has 2 N–H and O–H groups in total. The predicted molar refractivity (Wildman–Crippen MR) is 115 cm³/mol. The van der Waals surface area contributed by atoms with Crippen LogP contribution >= 0.6 is 24.0 Å². The molecule has 0 bridgehead atoms. The second kappa shape index (κ2) is 16.1. The van der Waals surface area contributed by atoms with Gasteiger partial charge in [0, 0.05) is 39.4 Å². The van der Waals surface area contributed by atoms with E-state index >= 15 is 0 Å². The van der Waals surface area contributed by atoms with Crippen molar-refractivity contribution in [3.8, 4) is 5.75 Å². The monoisotopic (exact) mass is 482 g/mol. The number of hydrogen-bond acceptors (Lipinski definition) is 4. The molecule has 0 saturated carbocycles. The molecule has 1 aromatic rings. The lowest BCUT2D eigenvalue weighted by atomic mass is 10.3. The van der Waals surface area contributed by atoms with Crippen molar-refractivity contribution in [2.24, 2.45) is 4.99 Å². The van der Waals surface area contributed by atoms with Crippen LogP contribution in [0.5, 0.6) is 5.75 Å². The molecule has 0 aliphatic heterocycles. The van der Waals surface area contributed by atoms with Crippen LogP contribution in [0.2, 0.25) is 0 Å². The molecule has 0 aliphatic carbocycles. The minimum absolute atomic E-state index is 0. The number of nitrogens with one attached hydrogen (secondary N) is 2. The first kappa shape index (κ1) is 24.9. The van der Waals surface area contributed by atoms with Crippen LogP contribution in [0.4, 0.5) is 4.39 Å². The fourth-order valence-corrected chi connectivity index (χ4v) is 2.16. The molecule has 8 heteroatoms. The van der Waals surface area contributed by atoms with Crippen LogP contribution in [0.15, 0.2) is 29.3 Å². The number of hydrogen-bond donors (Lipinski definition) is 2. The van der Waals surface area contributed by atoms with Gasteiger partial charge >= 0.3 is 0 Å². The molecule has 1 rings (SSSR count). The largest absolute Gasteiger partial charge is 0.492 e. The van der Waals surface area contributed by atoms with Crippen LogP contribution in [-0.2, 0) is 4.74 Å². The van der Waals surface area contributed by atoms with Gasteiger partial charge in [0.15, 0.2) is 5.96 Å². The Labute approximate surface area is 173 Å². The molecule has 0 saturated heterocycles. The third-order valence-corrected chi connectivity index (χ3v) is 3.44. The summed E-state index contributed by atoms with van der Waals surface area (Å²) in [6.07, 6.45) is 1.02. The van der Waals surface area contributed by atoms with Gasteiger partial charge in [-0.1, -0.05) is 6.07 Å². The zero-order valence-corrected chi connectivity index (χ0v) is 18.3. The maximum absolute atomic E-state index is 13.1. The van der Waals surface area contributed by atoms with E-state index in [2.05, 4.69) is 27.6 Å². The van der Waals surface area contributed by atoms with E-state index in [9.17, 15) is 4.39 Å². The number of likely N-dealkylation sites (N-methyl/N-ethyl adjacent to an activating group) is 1. The third kappa shape index (κ3) is 12.3. The smallest absolute Gasteiger partial charge is 0.191 e. The summed E-state index contributed by atoms with van der Waals surface area (Å²) < 4.78 is 23.6. The lowest BCUT2D eigenvalue weighted by Crippen LogP contribution is -2.39. The van der Waals surface area contributed by atoms with Crippen LogP contribution in [0, 0.1) is 5.82 Å². The topological polar surface area (TPSA) is 58.1 Å². The highest BCUT2D eigenvalue weighted by atomic mass is 127. The first-order valence-corrected chi connectivity index (χ1v) is 8.73. The second-order valence-electron chi connectivity index (χ2n) is 5.64. The third-order valence-electron chi connectivity index (χ3n) is 3.44. The quantitative estimate of drug-likeness (QED) is 0.207. The Morgan fingerprint density at radius 3 is 2.73 bits per heavy atom. The number of benzene rings is 1. The zero-order valence-electron chi connectivity index (χ0n) is 16.0. The summed E-state index contributed by atoms with van der Waals surface area (Å²) in [5, 5.41) is 6.41. The molecule has 0 unspecified atom stereocenters. The standard InChI is InChI=1S/C18H31FN4O2.HI/c1-4-20-18(21-9-12-23(2)11-6-13-24-3)22-10-14-25-17-8-5-7-16(19)15-17;/h5,7-8,15H,4,6,9-14H2,1-3H3,(H2,20,21,22);1H. The van der Waals surface area contributed by atoms with E-state index in [1.165, 1.54) is 12.1 Å². The highest BCUT2D eigenvalue weighted by Crippen LogP contribution is 2.11. The minimum atomic E-state index is -0.296. The summed E-state index contributed by atoms with van der Waals surface area (Å²) in [7, 11) is 3.80. The summed E-state index contributed by atoms with van der Waals surface area (Å²) >= 11 is 0. The van der Waals surface area contributed by atoms with Crippen LogP contribution in [0.25, 0.3) is 0 Å². The van der Waals surface area contributed by atoms with Crippen molar-refractivity contribution < 1.29 is 13.9 Å². The molecule has 0 atom stereocenters. The van der Waals surface area contributed by atoms with Crippen LogP contribution in [0.3, 0.4) is 0 Å². The van der Waals surface area contributed by atoms with E-state index in [4.69, 9.17) is 9.47 Å². The van der Waals surface area contributed by atoms with Gasteiger partial charge in [-0.2, -0.15) is 0 Å². The Bertz CT molecular complexity index is 506. The van der Waals surface area contributed by atoms with Crippen molar-refractivity contribution in [1.29, 1.82) is 0 Å². The Balaban J connectivity index is 0.00000625. The van der Waals surface area contributed by atoms with Crippen molar-refractivity contribution in [2.75, 3.05) is 60.1 Å². The van der Waals surface area contributed by atoms with E-state index < -0.39 is 0 Å². The van der Waals surface area contributed by atoms with Crippen molar-refractivity contribution >= 4 is 29.9 Å². The van der Waals surface area contributed by atoms with E-state index in [1.807, 2.05) is 6.92 Å². The van der Waals surface area contributed by atoms with Crippen LogP contribution in [0.1, 0.15) is 13.3 Å². The van der Waals surface area contributed by atoms with Crippen LogP contribution < -0.4 is 15.4 Å². The van der Waals surface area contributed by atoms with Crippen molar-refractivity contribution in [1.82, 2.24) is 15.5 Å². The van der Waals surface area contributed by atoms with Gasteiger partial charge in [0.25, 0.3) is 0 Å². The highest BCUT2D eigenvalue weighted by Gasteiger charge is 2.00. The van der Waals surface area contributed by atoms with E-state index in [0.717, 1.165) is 38.6 Å².